The van der Waals surface area contributed by atoms with Gasteiger partial charge in [-0.1, -0.05) is 96.3 Å². The van der Waals surface area contributed by atoms with E-state index in [1.54, 1.807) is 0 Å². The van der Waals surface area contributed by atoms with Crippen molar-refractivity contribution < 1.29 is 9.90 Å². The SMILES string of the molecule is CCCCCCCCCCCCCCCCNc1ccc(C#CC(=O)O)cc1.Cl.Cl. The van der Waals surface area contributed by atoms with Gasteiger partial charge in [-0.3, -0.25) is 0 Å². The first-order valence-electron chi connectivity index (χ1n) is 11.3. The highest BCUT2D eigenvalue weighted by atomic mass is 35.5. The van der Waals surface area contributed by atoms with Gasteiger partial charge in [0.15, 0.2) is 0 Å². The minimum absolute atomic E-state index is 0. The van der Waals surface area contributed by atoms with Gasteiger partial charge in [0, 0.05) is 23.7 Å². The van der Waals surface area contributed by atoms with Gasteiger partial charge in [-0.15, -0.1) is 24.8 Å². The van der Waals surface area contributed by atoms with Crippen LogP contribution in [0.1, 0.15) is 102 Å². The number of nitrogens with one attached hydrogen (secondary N) is 1. The van der Waals surface area contributed by atoms with Crippen molar-refractivity contribution in [2.24, 2.45) is 0 Å². The van der Waals surface area contributed by atoms with Gasteiger partial charge < -0.3 is 10.4 Å². The fourth-order valence-corrected chi connectivity index (χ4v) is 3.35. The second-order valence-electron chi connectivity index (χ2n) is 7.66. The maximum Gasteiger partial charge on any atom is 0.382 e. The minimum atomic E-state index is -1.10. The van der Waals surface area contributed by atoms with Gasteiger partial charge in [-0.2, -0.15) is 0 Å². The van der Waals surface area contributed by atoms with Crippen molar-refractivity contribution in [1.82, 2.24) is 0 Å². The molecule has 0 saturated heterocycles. The number of aliphatic carboxylic acids is 1. The van der Waals surface area contributed by atoms with Crippen molar-refractivity contribution in [2.45, 2.75) is 96.8 Å². The summed E-state index contributed by atoms with van der Waals surface area (Å²) < 4.78 is 0. The van der Waals surface area contributed by atoms with E-state index in [9.17, 15) is 4.79 Å². The molecule has 1 aromatic rings. The number of rotatable bonds is 16. The highest BCUT2D eigenvalue weighted by molar-refractivity contribution is 5.87. The summed E-state index contributed by atoms with van der Waals surface area (Å²) in [6.07, 6.45) is 19.3. The Labute approximate surface area is 196 Å². The lowest BCUT2D eigenvalue weighted by Crippen LogP contribution is -2.01. The molecule has 3 nitrogen and oxygen atoms in total. The average molecular weight is 459 g/mol. The first-order chi connectivity index (χ1) is 13.7. The first kappa shape index (κ1) is 30.8. The Morgan fingerprint density at radius 3 is 1.63 bits per heavy atom. The van der Waals surface area contributed by atoms with Gasteiger partial charge in [0.2, 0.25) is 0 Å². The van der Waals surface area contributed by atoms with Crippen LogP contribution < -0.4 is 5.32 Å². The molecule has 0 spiro atoms. The molecule has 1 rings (SSSR count). The molecule has 172 valence electrons. The molecule has 0 aliphatic carbocycles. The Balaban J connectivity index is 0. The Bertz CT molecular complexity index is 579. The zero-order valence-electron chi connectivity index (χ0n) is 18.6. The van der Waals surface area contributed by atoms with Crippen molar-refractivity contribution in [1.29, 1.82) is 0 Å². The third-order valence-corrected chi connectivity index (χ3v) is 5.06. The molecule has 0 atom stereocenters. The fraction of sp³-hybridized carbons (Fsp3) is 0.640. The maximum absolute atomic E-state index is 10.4. The van der Waals surface area contributed by atoms with Crippen molar-refractivity contribution in [3.63, 3.8) is 0 Å². The number of benzene rings is 1. The summed E-state index contributed by atoms with van der Waals surface area (Å²) >= 11 is 0. The molecule has 2 N–H and O–H groups in total. The van der Waals surface area contributed by atoms with Gasteiger partial charge in [0.25, 0.3) is 0 Å². The van der Waals surface area contributed by atoms with Gasteiger partial charge in [0.1, 0.15) is 0 Å². The second-order valence-corrected chi connectivity index (χ2v) is 7.66. The maximum atomic E-state index is 10.4. The number of carboxylic acid groups (broad SMARTS) is 1. The van der Waals surface area contributed by atoms with E-state index in [0.29, 0.717) is 0 Å². The zero-order valence-corrected chi connectivity index (χ0v) is 20.2. The molecule has 0 unspecified atom stereocenters. The van der Waals surface area contributed by atoms with Crippen LogP contribution in [0.15, 0.2) is 24.3 Å². The monoisotopic (exact) mass is 457 g/mol. The Morgan fingerprint density at radius 2 is 1.20 bits per heavy atom. The van der Waals surface area contributed by atoms with Gasteiger partial charge >= 0.3 is 5.97 Å². The molecule has 0 amide bonds. The van der Waals surface area contributed by atoms with Crippen molar-refractivity contribution in [2.75, 3.05) is 11.9 Å². The standard InChI is InChI=1S/C25H39NO2.2ClH/c1-2-3-4-5-6-7-8-9-10-11-12-13-14-15-22-26-24-19-16-23(17-20-24)18-21-25(27)28;;/h16-17,19-20,26H,2-15,22H2,1H3,(H,27,28);2*1H. The van der Waals surface area contributed by atoms with Crippen molar-refractivity contribution in [3.8, 4) is 11.8 Å². The Kier molecular flexibility index (Phi) is 22.9. The van der Waals surface area contributed by atoms with E-state index in [1.165, 1.54) is 89.9 Å². The molecule has 0 aromatic heterocycles. The highest BCUT2D eigenvalue weighted by Gasteiger charge is 1.96. The van der Waals surface area contributed by atoms with Crippen LogP contribution in [0.3, 0.4) is 0 Å². The van der Waals surface area contributed by atoms with E-state index in [-0.39, 0.29) is 24.8 Å². The first-order valence-corrected chi connectivity index (χ1v) is 11.3. The second kappa shape index (κ2) is 22.3. The van der Waals surface area contributed by atoms with Crippen molar-refractivity contribution >= 4 is 36.5 Å². The number of unbranched alkanes of at least 4 members (excludes halogenated alkanes) is 13. The smallest absolute Gasteiger partial charge is 0.382 e. The molecule has 0 saturated carbocycles. The van der Waals surface area contributed by atoms with Crippen LogP contribution in [0.5, 0.6) is 0 Å². The van der Waals surface area contributed by atoms with Crippen LogP contribution in [-0.2, 0) is 4.79 Å². The lowest BCUT2D eigenvalue weighted by Gasteiger charge is -2.06. The molecular weight excluding hydrogens is 417 g/mol. The summed E-state index contributed by atoms with van der Waals surface area (Å²) in [7, 11) is 0. The molecule has 0 bridgehead atoms. The molecule has 0 aliphatic heterocycles. The number of halogens is 2. The summed E-state index contributed by atoms with van der Waals surface area (Å²) in [4.78, 5) is 10.4. The molecule has 0 radical (unpaired) electrons. The number of carbonyl (C=O) groups is 1. The zero-order chi connectivity index (χ0) is 20.3. The van der Waals surface area contributed by atoms with Crippen LogP contribution >= 0.6 is 24.8 Å². The quantitative estimate of drug-likeness (QED) is 0.196. The molecule has 0 heterocycles. The number of carboxylic acids is 1. The Hall–Kier alpha value is -1.37. The largest absolute Gasteiger partial charge is 0.472 e. The normalized spacial score (nSPS) is 9.63. The fourth-order valence-electron chi connectivity index (χ4n) is 3.35. The Morgan fingerprint density at radius 1 is 0.767 bits per heavy atom. The third-order valence-electron chi connectivity index (χ3n) is 5.06. The number of hydrogen-bond acceptors (Lipinski definition) is 2. The molecule has 0 fully saturated rings. The summed E-state index contributed by atoms with van der Waals surface area (Å²) in [5.41, 5.74) is 1.79. The van der Waals surface area contributed by atoms with E-state index in [0.717, 1.165) is 17.8 Å². The van der Waals surface area contributed by atoms with Crippen LogP contribution in [0.25, 0.3) is 0 Å². The van der Waals surface area contributed by atoms with E-state index < -0.39 is 5.97 Å². The third kappa shape index (κ3) is 18.6. The van der Waals surface area contributed by atoms with Crippen LogP contribution in [0.2, 0.25) is 0 Å². The summed E-state index contributed by atoms with van der Waals surface area (Å²) in [5.74, 6) is 3.65. The lowest BCUT2D eigenvalue weighted by atomic mass is 10.0. The summed E-state index contributed by atoms with van der Waals surface area (Å²) in [5, 5.41) is 12.0. The van der Waals surface area contributed by atoms with Gasteiger partial charge in [-0.05, 0) is 30.7 Å². The van der Waals surface area contributed by atoms with Crippen LogP contribution in [-0.4, -0.2) is 17.6 Å². The average Bonchev–Trinajstić information content (AvgIpc) is 2.70. The van der Waals surface area contributed by atoms with Crippen LogP contribution in [0, 0.1) is 11.8 Å². The van der Waals surface area contributed by atoms with E-state index in [2.05, 4.69) is 24.1 Å². The van der Waals surface area contributed by atoms with E-state index >= 15 is 0 Å². The van der Waals surface area contributed by atoms with Crippen molar-refractivity contribution in [3.05, 3.63) is 29.8 Å². The lowest BCUT2D eigenvalue weighted by molar-refractivity contribution is -0.130. The van der Waals surface area contributed by atoms with Gasteiger partial charge in [-0.25, -0.2) is 4.79 Å². The van der Waals surface area contributed by atoms with E-state index in [4.69, 9.17) is 5.11 Å². The topological polar surface area (TPSA) is 49.3 Å². The number of anilines is 1. The number of hydrogen-bond donors (Lipinski definition) is 2. The molecular formula is C25H41Cl2NO2. The van der Waals surface area contributed by atoms with E-state index in [1.807, 2.05) is 24.3 Å². The van der Waals surface area contributed by atoms with Crippen LogP contribution in [0.4, 0.5) is 5.69 Å². The summed E-state index contributed by atoms with van der Waals surface area (Å²) in [6, 6.07) is 7.61. The minimum Gasteiger partial charge on any atom is -0.472 e. The highest BCUT2D eigenvalue weighted by Crippen LogP contribution is 2.13. The predicted octanol–water partition coefficient (Wildman–Crippen LogP) is 7.86. The predicted molar refractivity (Wildman–Crippen MR) is 134 cm³/mol. The van der Waals surface area contributed by atoms with Gasteiger partial charge in [0.05, 0.1) is 0 Å². The molecule has 1 aromatic carbocycles. The molecule has 5 heteroatoms. The molecule has 30 heavy (non-hydrogen) atoms. The summed E-state index contributed by atoms with van der Waals surface area (Å²) in [6.45, 7) is 3.26. The molecule has 0 aliphatic rings.